The van der Waals surface area contributed by atoms with Gasteiger partial charge < -0.3 is 4.74 Å². The van der Waals surface area contributed by atoms with Crippen LogP contribution in [0.4, 0.5) is 4.39 Å². The minimum Gasteiger partial charge on any atom is -0.370 e. The Morgan fingerprint density at radius 2 is 2.10 bits per heavy atom. The molecule has 1 aromatic rings. The molecule has 1 aliphatic rings. The number of hydrogen-bond donors (Lipinski definition) is 0. The van der Waals surface area contributed by atoms with Crippen LogP contribution in [0.3, 0.4) is 0 Å². The predicted octanol–water partition coefficient (Wildman–Crippen LogP) is 4.19. The third-order valence-corrected chi connectivity index (χ3v) is 4.73. The molecule has 0 saturated heterocycles. The summed E-state index contributed by atoms with van der Waals surface area (Å²) < 4.78 is 19.3. The van der Waals surface area contributed by atoms with Crippen molar-refractivity contribution in [1.29, 1.82) is 0 Å². The lowest BCUT2D eigenvalue weighted by Gasteiger charge is -2.37. The van der Waals surface area contributed by atoms with E-state index in [9.17, 15) is 9.18 Å². The Bertz CT molecular complexity index is 473. The molecule has 0 aromatic heterocycles. The number of benzene rings is 1. The Balaban J connectivity index is 2.18. The highest BCUT2D eigenvalue weighted by molar-refractivity contribution is 6.31. The van der Waals surface area contributed by atoms with E-state index in [4.69, 9.17) is 16.3 Å². The summed E-state index contributed by atoms with van der Waals surface area (Å²) in [5.74, 6) is 0.114. The molecule has 0 radical (unpaired) electrons. The molecule has 20 heavy (non-hydrogen) atoms. The fraction of sp³-hybridized carbons (Fsp3) is 0.562. The Hall–Kier alpha value is -0.930. The number of methoxy groups -OCH3 is 1. The molecule has 2 rings (SSSR count). The van der Waals surface area contributed by atoms with Gasteiger partial charge in [-0.15, -0.1) is 0 Å². The van der Waals surface area contributed by atoms with Gasteiger partial charge in [-0.25, -0.2) is 4.39 Å². The van der Waals surface area contributed by atoms with Crippen molar-refractivity contribution in [3.05, 3.63) is 34.6 Å². The van der Waals surface area contributed by atoms with Gasteiger partial charge in [0.15, 0.2) is 5.78 Å². The smallest absolute Gasteiger partial charge is 0.169 e. The first-order valence-corrected chi connectivity index (χ1v) is 7.37. The molecule has 1 fully saturated rings. The van der Waals surface area contributed by atoms with Crippen molar-refractivity contribution in [1.82, 2.24) is 0 Å². The molecule has 1 aromatic carbocycles. The number of ketones is 1. The van der Waals surface area contributed by atoms with Crippen LogP contribution < -0.4 is 0 Å². The van der Waals surface area contributed by atoms with Crippen molar-refractivity contribution in [3.63, 3.8) is 0 Å². The summed E-state index contributed by atoms with van der Waals surface area (Å²) in [4.78, 5) is 12.6. The van der Waals surface area contributed by atoms with Crippen LogP contribution in [0.15, 0.2) is 18.2 Å². The maximum absolute atomic E-state index is 13.8. The van der Waals surface area contributed by atoms with E-state index in [1.807, 2.05) is 0 Å². The summed E-state index contributed by atoms with van der Waals surface area (Å²) in [5, 5.41) is 0.300. The quantitative estimate of drug-likeness (QED) is 0.833. The molecule has 0 aliphatic heterocycles. The van der Waals surface area contributed by atoms with Gasteiger partial charge in [0.1, 0.15) is 11.4 Å². The lowest BCUT2D eigenvalue weighted by atomic mass is 9.76. The molecule has 0 N–H and O–H groups in total. The third kappa shape index (κ3) is 3.04. The van der Waals surface area contributed by atoms with Crippen LogP contribution in [0.5, 0.6) is 0 Å². The second-order valence-corrected chi connectivity index (χ2v) is 6.09. The van der Waals surface area contributed by atoms with Gasteiger partial charge in [-0.1, -0.05) is 24.6 Å². The Kier molecular flexibility index (Phi) is 4.82. The van der Waals surface area contributed by atoms with Crippen molar-refractivity contribution in [2.45, 2.75) is 44.6 Å². The second kappa shape index (κ2) is 6.23. The summed E-state index contributed by atoms with van der Waals surface area (Å²) in [5.41, 5.74) is -0.493. The van der Waals surface area contributed by atoms with Gasteiger partial charge in [0.25, 0.3) is 0 Å². The predicted molar refractivity (Wildman–Crippen MR) is 77.5 cm³/mol. The number of rotatable bonds is 4. The van der Waals surface area contributed by atoms with Gasteiger partial charge in [-0.3, -0.25) is 4.79 Å². The Labute approximate surface area is 124 Å². The molecule has 2 nitrogen and oxygen atoms in total. The van der Waals surface area contributed by atoms with E-state index in [0.717, 1.165) is 12.8 Å². The van der Waals surface area contributed by atoms with Crippen LogP contribution in [0.2, 0.25) is 5.02 Å². The van der Waals surface area contributed by atoms with E-state index in [1.165, 1.54) is 6.07 Å². The number of carbonyl (C=O) groups is 1. The van der Waals surface area contributed by atoms with Crippen molar-refractivity contribution < 1.29 is 13.9 Å². The highest BCUT2D eigenvalue weighted by Crippen LogP contribution is 2.36. The topological polar surface area (TPSA) is 26.3 Å². The van der Waals surface area contributed by atoms with E-state index in [1.54, 1.807) is 19.2 Å². The number of ether oxygens (including phenoxy) is 1. The fourth-order valence-electron chi connectivity index (χ4n) is 2.85. The molecule has 0 spiro atoms. The average molecular weight is 299 g/mol. The summed E-state index contributed by atoms with van der Waals surface area (Å²) in [6, 6.07) is 4.48. The van der Waals surface area contributed by atoms with Crippen LogP contribution in [0, 0.1) is 11.7 Å². The molecule has 0 amide bonds. The van der Waals surface area contributed by atoms with Gasteiger partial charge in [0.05, 0.1) is 0 Å². The van der Waals surface area contributed by atoms with Crippen molar-refractivity contribution in [3.8, 4) is 0 Å². The molecular weight excluding hydrogens is 279 g/mol. The first kappa shape index (κ1) is 15.5. The normalized spacial score (nSPS) is 26.5. The molecule has 0 bridgehead atoms. The summed E-state index contributed by atoms with van der Waals surface area (Å²) in [6.07, 6.45) is 3.33. The van der Waals surface area contributed by atoms with Crippen LogP contribution in [-0.2, 0) is 16.0 Å². The maximum Gasteiger partial charge on any atom is 0.169 e. The van der Waals surface area contributed by atoms with Crippen molar-refractivity contribution >= 4 is 17.4 Å². The van der Waals surface area contributed by atoms with Crippen molar-refractivity contribution in [2.75, 3.05) is 7.11 Å². The number of hydrogen-bond acceptors (Lipinski definition) is 2. The Morgan fingerprint density at radius 1 is 1.45 bits per heavy atom. The van der Waals surface area contributed by atoms with E-state index in [-0.39, 0.29) is 17.8 Å². The molecule has 0 unspecified atom stereocenters. The maximum atomic E-state index is 13.8. The highest BCUT2D eigenvalue weighted by atomic mass is 35.5. The number of Topliss-reactive ketones (excluding diaryl/α,β-unsaturated/α-hetero) is 1. The average Bonchev–Trinajstić information content (AvgIpc) is 2.44. The monoisotopic (exact) mass is 298 g/mol. The van der Waals surface area contributed by atoms with Crippen LogP contribution >= 0.6 is 11.6 Å². The summed E-state index contributed by atoms with van der Waals surface area (Å²) in [6.45, 7) is 2.18. The highest BCUT2D eigenvalue weighted by Gasteiger charge is 2.41. The summed E-state index contributed by atoms with van der Waals surface area (Å²) in [7, 11) is 1.57. The van der Waals surface area contributed by atoms with E-state index in [2.05, 4.69) is 6.92 Å². The zero-order valence-corrected chi connectivity index (χ0v) is 12.7. The lowest BCUT2D eigenvalue weighted by molar-refractivity contribution is -0.145. The summed E-state index contributed by atoms with van der Waals surface area (Å²) >= 11 is 5.99. The second-order valence-electron chi connectivity index (χ2n) is 5.68. The van der Waals surface area contributed by atoms with Gasteiger partial charge in [0.2, 0.25) is 0 Å². The molecule has 0 heterocycles. The molecule has 1 saturated carbocycles. The van der Waals surface area contributed by atoms with Crippen LogP contribution in [0.1, 0.15) is 38.2 Å². The molecular formula is C16H20ClFO2. The van der Waals surface area contributed by atoms with E-state index >= 15 is 0 Å². The standard InChI is InChI=1S/C16H20ClFO2/c1-11-6-8-16(20-2,9-7-11)15(19)10-12-13(17)4-3-5-14(12)18/h3-5,11H,6-10H2,1-2H3. The van der Waals surface area contributed by atoms with E-state index in [0.29, 0.717) is 23.8 Å². The largest absolute Gasteiger partial charge is 0.370 e. The number of halogens is 2. The van der Waals surface area contributed by atoms with Gasteiger partial charge in [-0.05, 0) is 43.7 Å². The molecule has 0 atom stereocenters. The molecule has 1 aliphatic carbocycles. The third-order valence-electron chi connectivity index (χ3n) is 4.38. The van der Waals surface area contributed by atoms with Gasteiger partial charge in [0, 0.05) is 24.1 Å². The zero-order chi connectivity index (χ0) is 14.8. The SMILES string of the molecule is COC1(C(=O)Cc2c(F)cccc2Cl)CCC(C)CC1. The molecule has 110 valence electrons. The molecule has 4 heteroatoms. The lowest BCUT2D eigenvalue weighted by Crippen LogP contribution is -2.44. The van der Waals surface area contributed by atoms with Crippen LogP contribution in [-0.4, -0.2) is 18.5 Å². The van der Waals surface area contributed by atoms with Crippen molar-refractivity contribution in [2.24, 2.45) is 5.92 Å². The first-order chi connectivity index (χ1) is 9.48. The fourth-order valence-corrected chi connectivity index (χ4v) is 3.08. The first-order valence-electron chi connectivity index (χ1n) is 7.00. The van der Waals surface area contributed by atoms with E-state index < -0.39 is 11.4 Å². The van der Waals surface area contributed by atoms with Gasteiger partial charge >= 0.3 is 0 Å². The minimum absolute atomic E-state index is 0.00622. The van der Waals surface area contributed by atoms with Crippen LogP contribution in [0.25, 0.3) is 0 Å². The Morgan fingerprint density at radius 3 is 2.65 bits per heavy atom. The number of carbonyl (C=O) groups excluding carboxylic acids is 1. The minimum atomic E-state index is -0.766. The van der Waals surface area contributed by atoms with Gasteiger partial charge in [-0.2, -0.15) is 0 Å². The zero-order valence-electron chi connectivity index (χ0n) is 11.9.